The number of benzene rings is 1. The number of amides is 1. The van der Waals surface area contributed by atoms with Gasteiger partial charge in [0.1, 0.15) is 4.32 Å². The smallest absolute Gasteiger partial charge is 0.233 e. The fraction of sp³-hybridized carbons (Fsp3) is 0.429. The van der Waals surface area contributed by atoms with Crippen LogP contribution in [0.3, 0.4) is 0 Å². The molecule has 0 aliphatic carbocycles. The first kappa shape index (κ1) is 16.1. The van der Waals surface area contributed by atoms with E-state index in [9.17, 15) is 9.90 Å². The van der Waals surface area contributed by atoms with Crippen molar-refractivity contribution in [2.24, 2.45) is 5.92 Å². The molecule has 1 rings (SSSR count). The first-order valence-electron chi connectivity index (χ1n) is 6.23. The molecule has 0 bridgehead atoms. The van der Waals surface area contributed by atoms with Crippen LogP contribution in [-0.2, 0) is 11.3 Å². The molecule has 0 heterocycles. The van der Waals surface area contributed by atoms with Gasteiger partial charge in [-0.05, 0) is 12.0 Å². The van der Waals surface area contributed by atoms with Crippen molar-refractivity contribution in [1.29, 1.82) is 0 Å². The molecule has 0 radical (unpaired) electrons. The highest BCUT2D eigenvalue weighted by atomic mass is 32.1. The standard InChI is InChI=1S/C14H19NO2S2/c1-3-12(16)10(2)13(17)15(14(18)19)9-11-7-5-4-6-8-11/h4-8,10,12,16H,3,9H2,1-2H3,(H,18,19). The van der Waals surface area contributed by atoms with Gasteiger partial charge in [0.05, 0.1) is 18.6 Å². The summed E-state index contributed by atoms with van der Waals surface area (Å²) in [6, 6.07) is 9.58. The van der Waals surface area contributed by atoms with Gasteiger partial charge in [0.15, 0.2) is 0 Å². The van der Waals surface area contributed by atoms with Crippen molar-refractivity contribution in [2.45, 2.75) is 32.9 Å². The highest BCUT2D eigenvalue weighted by Crippen LogP contribution is 2.15. The Morgan fingerprint density at radius 3 is 2.47 bits per heavy atom. The minimum absolute atomic E-state index is 0.196. The molecule has 0 saturated carbocycles. The van der Waals surface area contributed by atoms with Crippen molar-refractivity contribution in [2.75, 3.05) is 0 Å². The zero-order valence-corrected chi connectivity index (χ0v) is 12.8. The van der Waals surface area contributed by atoms with E-state index in [4.69, 9.17) is 12.2 Å². The van der Waals surface area contributed by atoms with E-state index in [1.54, 1.807) is 6.92 Å². The average Bonchev–Trinajstić information content (AvgIpc) is 2.43. The predicted molar refractivity (Wildman–Crippen MR) is 84.0 cm³/mol. The largest absolute Gasteiger partial charge is 0.392 e. The van der Waals surface area contributed by atoms with Crippen LogP contribution in [0.1, 0.15) is 25.8 Å². The van der Waals surface area contributed by atoms with E-state index in [1.807, 2.05) is 37.3 Å². The van der Waals surface area contributed by atoms with E-state index in [0.29, 0.717) is 13.0 Å². The Balaban J connectivity index is 2.84. The average molecular weight is 297 g/mol. The molecule has 3 nitrogen and oxygen atoms in total. The lowest BCUT2D eigenvalue weighted by atomic mass is 10.0. The number of aliphatic hydroxyl groups excluding tert-OH is 1. The molecule has 0 aliphatic rings. The number of aliphatic hydroxyl groups is 1. The molecule has 1 amide bonds. The molecule has 19 heavy (non-hydrogen) atoms. The molecule has 1 aromatic rings. The normalized spacial score (nSPS) is 13.7. The summed E-state index contributed by atoms with van der Waals surface area (Å²) < 4.78 is 0.226. The van der Waals surface area contributed by atoms with Gasteiger partial charge in [0, 0.05) is 0 Å². The van der Waals surface area contributed by atoms with Gasteiger partial charge in [-0.2, -0.15) is 0 Å². The fourth-order valence-corrected chi connectivity index (χ4v) is 2.09. The Bertz CT molecular complexity index is 436. The Kier molecular flexibility index (Phi) is 6.48. The third-order valence-corrected chi connectivity index (χ3v) is 3.53. The van der Waals surface area contributed by atoms with Crippen molar-refractivity contribution in [3.8, 4) is 0 Å². The monoisotopic (exact) mass is 297 g/mol. The van der Waals surface area contributed by atoms with Crippen molar-refractivity contribution < 1.29 is 9.90 Å². The van der Waals surface area contributed by atoms with Crippen LogP contribution >= 0.6 is 24.8 Å². The summed E-state index contributed by atoms with van der Waals surface area (Å²) in [5, 5.41) is 9.78. The summed E-state index contributed by atoms with van der Waals surface area (Å²) in [7, 11) is 0. The van der Waals surface area contributed by atoms with Crippen LogP contribution in [0.2, 0.25) is 0 Å². The van der Waals surface area contributed by atoms with Crippen LogP contribution in [0.25, 0.3) is 0 Å². The van der Waals surface area contributed by atoms with Crippen molar-refractivity contribution in [3.63, 3.8) is 0 Å². The third kappa shape index (κ3) is 4.60. The number of hydrogen-bond donors (Lipinski definition) is 2. The van der Waals surface area contributed by atoms with Gasteiger partial charge in [0.2, 0.25) is 5.91 Å². The number of nitrogens with zero attached hydrogens (tertiary/aromatic N) is 1. The molecule has 0 aliphatic heterocycles. The van der Waals surface area contributed by atoms with E-state index >= 15 is 0 Å². The maximum atomic E-state index is 12.3. The van der Waals surface area contributed by atoms with Gasteiger partial charge >= 0.3 is 0 Å². The summed E-state index contributed by atoms with van der Waals surface area (Å²) in [6.45, 7) is 3.93. The van der Waals surface area contributed by atoms with Gasteiger partial charge < -0.3 is 5.11 Å². The van der Waals surface area contributed by atoms with E-state index in [1.165, 1.54) is 4.90 Å². The van der Waals surface area contributed by atoms with Crippen molar-refractivity contribution in [1.82, 2.24) is 4.90 Å². The first-order chi connectivity index (χ1) is 8.97. The molecule has 2 atom stereocenters. The number of carbonyl (C=O) groups is 1. The number of rotatable bonds is 5. The van der Waals surface area contributed by atoms with Crippen LogP contribution in [0.4, 0.5) is 0 Å². The van der Waals surface area contributed by atoms with E-state index in [2.05, 4.69) is 12.6 Å². The minimum atomic E-state index is -0.659. The Hall–Kier alpha value is -0.910. The maximum Gasteiger partial charge on any atom is 0.233 e. The molecule has 5 heteroatoms. The minimum Gasteiger partial charge on any atom is -0.392 e. The van der Waals surface area contributed by atoms with Crippen molar-refractivity contribution in [3.05, 3.63) is 35.9 Å². The van der Waals surface area contributed by atoms with Crippen molar-refractivity contribution >= 4 is 35.1 Å². The first-order valence-corrected chi connectivity index (χ1v) is 7.09. The number of hydrogen-bond acceptors (Lipinski definition) is 3. The van der Waals surface area contributed by atoms with Crippen LogP contribution in [0, 0.1) is 5.92 Å². The second-order valence-electron chi connectivity index (χ2n) is 4.46. The highest BCUT2D eigenvalue weighted by molar-refractivity contribution is 8.11. The molecule has 1 aromatic carbocycles. The second kappa shape index (κ2) is 7.62. The molecule has 0 aromatic heterocycles. The Morgan fingerprint density at radius 1 is 1.42 bits per heavy atom. The zero-order valence-electron chi connectivity index (χ0n) is 11.1. The van der Waals surface area contributed by atoms with Crippen LogP contribution < -0.4 is 0 Å². The maximum absolute atomic E-state index is 12.3. The van der Waals surface area contributed by atoms with Crippen LogP contribution in [0.15, 0.2) is 30.3 Å². The summed E-state index contributed by atoms with van der Waals surface area (Å²) >= 11 is 9.13. The quantitative estimate of drug-likeness (QED) is 0.648. The summed E-state index contributed by atoms with van der Waals surface area (Å²) in [6.07, 6.45) is -0.126. The molecular weight excluding hydrogens is 278 g/mol. The predicted octanol–water partition coefficient (Wildman–Crippen LogP) is 2.64. The molecule has 2 unspecified atom stereocenters. The molecule has 1 N–H and O–H groups in total. The topological polar surface area (TPSA) is 40.5 Å². The zero-order chi connectivity index (χ0) is 14.4. The molecule has 0 spiro atoms. The van der Waals surface area contributed by atoms with E-state index < -0.39 is 12.0 Å². The second-order valence-corrected chi connectivity index (χ2v) is 5.57. The Morgan fingerprint density at radius 2 is 2.00 bits per heavy atom. The summed E-state index contributed by atoms with van der Waals surface area (Å²) in [4.78, 5) is 13.7. The van der Waals surface area contributed by atoms with Gasteiger partial charge in [0.25, 0.3) is 0 Å². The number of thiocarbonyl (C=S) groups is 1. The number of carbonyl (C=O) groups excluding carboxylic acids is 1. The van der Waals surface area contributed by atoms with Gasteiger partial charge in [-0.25, -0.2) is 0 Å². The molecule has 0 saturated heterocycles. The molecule has 104 valence electrons. The third-order valence-electron chi connectivity index (χ3n) is 3.07. The molecule has 0 fully saturated rings. The van der Waals surface area contributed by atoms with Crippen LogP contribution in [0.5, 0.6) is 0 Å². The van der Waals surface area contributed by atoms with Gasteiger partial charge in [-0.1, -0.05) is 56.4 Å². The SMILES string of the molecule is CCC(O)C(C)C(=O)N(Cc1ccccc1)C(=S)S. The van der Waals surface area contributed by atoms with E-state index in [-0.39, 0.29) is 10.2 Å². The Labute approximate surface area is 125 Å². The number of thiol groups is 1. The molecular formula is C14H19NO2S2. The van der Waals surface area contributed by atoms with Crippen LogP contribution in [-0.4, -0.2) is 26.3 Å². The van der Waals surface area contributed by atoms with Gasteiger partial charge in [-0.3, -0.25) is 9.69 Å². The fourth-order valence-electron chi connectivity index (χ4n) is 1.77. The highest BCUT2D eigenvalue weighted by Gasteiger charge is 2.27. The summed E-state index contributed by atoms with van der Waals surface area (Å²) in [5.74, 6) is -0.683. The van der Waals surface area contributed by atoms with Gasteiger partial charge in [-0.15, -0.1) is 12.6 Å². The lowest BCUT2D eigenvalue weighted by Gasteiger charge is -2.26. The lowest BCUT2D eigenvalue weighted by molar-refractivity contribution is -0.134. The lowest BCUT2D eigenvalue weighted by Crippen LogP contribution is -2.40. The summed E-state index contributed by atoms with van der Waals surface area (Å²) in [5.41, 5.74) is 0.977. The van der Waals surface area contributed by atoms with E-state index in [0.717, 1.165) is 5.56 Å².